The van der Waals surface area contributed by atoms with Crippen molar-refractivity contribution in [1.29, 1.82) is 0 Å². The Morgan fingerprint density at radius 1 is 1.75 bits per heavy atom. The Balaban J connectivity index is 2.39. The monoisotopic (exact) mass is 168 g/mol. The number of hydrogen-bond acceptors (Lipinski definition) is 2. The lowest BCUT2D eigenvalue weighted by atomic mass is 9.97. The second-order valence-electron chi connectivity index (χ2n) is 3.72. The van der Waals surface area contributed by atoms with Gasteiger partial charge in [-0.2, -0.15) is 0 Å². The van der Waals surface area contributed by atoms with Crippen molar-refractivity contribution in [3.63, 3.8) is 0 Å². The van der Waals surface area contributed by atoms with Gasteiger partial charge in [-0.25, -0.2) is 0 Å². The van der Waals surface area contributed by atoms with Crippen LogP contribution in [-0.4, -0.2) is 30.6 Å². The first-order valence-electron chi connectivity index (χ1n) is 4.84. The van der Waals surface area contributed by atoms with Gasteiger partial charge in [0.1, 0.15) is 0 Å². The molecule has 1 rings (SSSR count). The molecule has 2 nitrogen and oxygen atoms in total. The molecule has 1 aliphatic rings. The van der Waals surface area contributed by atoms with Crippen molar-refractivity contribution < 1.29 is 0 Å². The summed E-state index contributed by atoms with van der Waals surface area (Å²) in [6, 6.07) is 0.513. The highest BCUT2D eigenvalue weighted by atomic mass is 15.2. The SMILES string of the molecule is C=CC(C)N1CCCC(CN)C1. The Hall–Kier alpha value is -0.340. The molecular weight excluding hydrogens is 148 g/mol. The zero-order chi connectivity index (χ0) is 8.97. The van der Waals surface area contributed by atoms with E-state index in [1.54, 1.807) is 0 Å². The van der Waals surface area contributed by atoms with Crippen molar-refractivity contribution in [3.05, 3.63) is 12.7 Å². The van der Waals surface area contributed by atoms with Gasteiger partial charge in [-0.1, -0.05) is 6.08 Å². The van der Waals surface area contributed by atoms with E-state index in [1.165, 1.54) is 19.4 Å². The van der Waals surface area contributed by atoms with E-state index in [0.717, 1.165) is 13.1 Å². The first kappa shape index (κ1) is 9.75. The Morgan fingerprint density at radius 3 is 3.08 bits per heavy atom. The summed E-state index contributed by atoms with van der Waals surface area (Å²) in [6.07, 6.45) is 4.61. The van der Waals surface area contributed by atoms with Gasteiger partial charge in [0.05, 0.1) is 0 Å². The van der Waals surface area contributed by atoms with Gasteiger partial charge in [0.25, 0.3) is 0 Å². The minimum atomic E-state index is 0.513. The van der Waals surface area contributed by atoms with Crippen LogP contribution in [0.1, 0.15) is 19.8 Å². The molecule has 0 aromatic heterocycles. The second-order valence-corrected chi connectivity index (χ2v) is 3.72. The Labute approximate surface area is 75.4 Å². The van der Waals surface area contributed by atoms with Gasteiger partial charge in [-0.05, 0) is 38.8 Å². The standard InChI is InChI=1S/C10H20N2/c1-3-9(2)12-6-4-5-10(7-11)8-12/h3,9-10H,1,4-8,11H2,2H3. The van der Waals surface area contributed by atoms with Gasteiger partial charge in [0, 0.05) is 12.6 Å². The van der Waals surface area contributed by atoms with E-state index < -0.39 is 0 Å². The molecule has 0 aromatic carbocycles. The van der Waals surface area contributed by atoms with E-state index in [9.17, 15) is 0 Å². The van der Waals surface area contributed by atoms with Crippen molar-refractivity contribution in [1.82, 2.24) is 4.90 Å². The molecule has 0 bridgehead atoms. The van der Waals surface area contributed by atoms with Crippen LogP contribution in [0.15, 0.2) is 12.7 Å². The predicted molar refractivity (Wildman–Crippen MR) is 53.0 cm³/mol. The van der Waals surface area contributed by atoms with Crippen molar-refractivity contribution in [2.75, 3.05) is 19.6 Å². The molecule has 0 saturated carbocycles. The second kappa shape index (κ2) is 4.63. The molecule has 1 fully saturated rings. The Kier molecular flexibility index (Phi) is 3.76. The molecule has 70 valence electrons. The number of likely N-dealkylation sites (tertiary alicyclic amines) is 1. The molecule has 2 N–H and O–H groups in total. The normalized spacial score (nSPS) is 28.3. The predicted octanol–water partition coefficient (Wildman–Crippen LogP) is 1.23. The maximum atomic E-state index is 5.65. The lowest BCUT2D eigenvalue weighted by Gasteiger charge is -2.35. The molecule has 0 spiro atoms. The number of hydrogen-bond donors (Lipinski definition) is 1. The lowest BCUT2D eigenvalue weighted by molar-refractivity contribution is 0.156. The average molecular weight is 168 g/mol. The van der Waals surface area contributed by atoms with E-state index in [2.05, 4.69) is 18.4 Å². The third-order valence-electron chi connectivity index (χ3n) is 2.80. The summed E-state index contributed by atoms with van der Waals surface area (Å²) in [5, 5.41) is 0. The molecule has 0 amide bonds. The van der Waals surface area contributed by atoms with Gasteiger partial charge < -0.3 is 5.73 Å². The van der Waals surface area contributed by atoms with Gasteiger partial charge in [-0.15, -0.1) is 6.58 Å². The number of piperidine rings is 1. The molecule has 1 heterocycles. The fourth-order valence-corrected chi connectivity index (χ4v) is 1.81. The van der Waals surface area contributed by atoms with Crippen LogP contribution < -0.4 is 5.73 Å². The summed E-state index contributed by atoms with van der Waals surface area (Å²) in [5.74, 6) is 0.709. The number of rotatable bonds is 3. The fourth-order valence-electron chi connectivity index (χ4n) is 1.81. The number of nitrogens with zero attached hydrogens (tertiary/aromatic N) is 1. The lowest BCUT2D eigenvalue weighted by Crippen LogP contribution is -2.42. The van der Waals surface area contributed by atoms with Crippen molar-refractivity contribution >= 4 is 0 Å². The molecule has 2 heteroatoms. The average Bonchev–Trinajstić information content (AvgIpc) is 2.17. The first-order valence-corrected chi connectivity index (χ1v) is 4.84. The van der Waals surface area contributed by atoms with Crippen molar-refractivity contribution in [3.8, 4) is 0 Å². The molecule has 1 aliphatic heterocycles. The van der Waals surface area contributed by atoms with Crippen molar-refractivity contribution in [2.24, 2.45) is 11.7 Å². The zero-order valence-corrected chi connectivity index (χ0v) is 8.00. The van der Waals surface area contributed by atoms with Crippen LogP contribution in [0.2, 0.25) is 0 Å². The first-order chi connectivity index (χ1) is 5.77. The minimum Gasteiger partial charge on any atom is -0.330 e. The van der Waals surface area contributed by atoms with E-state index in [0.29, 0.717) is 12.0 Å². The summed E-state index contributed by atoms with van der Waals surface area (Å²) in [7, 11) is 0. The smallest absolute Gasteiger partial charge is 0.0247 e. The quantitative estimate of drug-likeness (QED) is 0.642. The van der Waals surface area contributed by atoms with Crippen LogP contribution in [0, 0.1) is 5.92 Å². The van der Waals surface area contributed by atoms with Crippen LogP contribution in [0.4, 0.5) is 0 Å². The molecule has 1 saturated heterocycles. The highest BCUT2D eigenvalue weighted by molar-refractivity contribution is 4.87. The summed E-state index contributed by atoms with van der Waals surface area (Å²) in [6.45, 7) is 9.22. The minimum absolute atomic E-state index is 0.513. The highest BCUT2D eigenvalue weighted by Crippen LogP contribution is 2.17. The van der Waals surface area contributed by atoms with Crippen LogP contribution in [0.3, 0.4) is 0 Å². The van der Waals surface area contributed by atoms with Crippen LogP contribution in [0.25, 0.3) is 0 Å². The fraction of sp³-hybridized carbons (Fsp3) is 0.800. The third kappa shape index (κ3) is 2.32. The van der Waals surface area contributed by atoms with Gasteiger partial charge in [0.2, 0.25) is 0 Å². The molecule has 0 aliphatic carbocycles. The van der Waals surface area contributed by atoms with E-state index in [-0.39, 0.29) is 0 Å². The van der Waals surface area contributed by atoms with Crippen LogP contribution in [0.5, 0.6) is 0 Å². The van der Waals surface area contributed by atoms with E-state index in [1.807, 2.05) is 6.08 Å². The number of nitrogens with two attached hydrogens (primary N) is 1. The largest absolute Gasteiger partial charge is 0.330 e. The molecule has 12 heavy (non-hydrogen) atoms. The summed E-state index contributed by atoms with van der Waals surface area (Å²) in [5.41, 5.74) is 5.65. The van der Waals surface area contributed by atoms with E-state index >= 15 is 0 Å². The summed E-state index contributed by atoms with van der Waals surface area (Å²) < 4.78 is 0. The molecule has 0 radical (unpaired) electrons. The van der Waals surface area contributed by atoms with Gasteiger partial charge in [-0.3, -0.25) is 4.90 Å². The third-order valence-corrected chi connectivity index (χ3v) is 2.80. The zero-order valence-electron chi connectivity index (χ0n) is 8.00. The van der Waals surface area contributed by atoms with Gasteiger partial charge in [0.15, 0.2) is 0 Å². The summed E-state index contributed by atoms with van der Waals surface area (Å²) >= 11 is 0. The van der Waals surface area contributed by atoms with Crippen LogP contribution in [-0.2, 0) is 0 Å². The Bertz CT molecular complexity index is 145. The highest BCUT2D eigenvalue weighted by Gasteiger charge is 2.20. The molecular formula is C10H20N2. The van der Waals surface area contributed by atoms with Crippen LogP contribution >= 0.6 is 0 Å². The van der Waals surface area contributed by atoms with Crippen molar-refractivity contribution in [2.45, 2.75) is 25.8 Å². The van der Waals surface area contributed by atoms with E-state index in [4.69, 9.17) is 5.73 Å². The summed E-state index contributed by atoms with van der Waals surface area (Å²) in [4.78, 5) is 2.47. The van der Waals surface area contributed by atoms with Gasteiger partial charge >= 0.3 is 0 Å². The maximum absolute atomic E-state index is 5.65. The maximum Gasteiger partial charge on any atom is 0.0247 e. The molecule has 2 unspecified atom stereocenters. The molecule has 0 aromatic rings. The molecule has 2 atom stereocenters. The Morgan fingerprint density at radius 2 is 2.50 bits per heavy atom. The topological polar surface area (TPSA) is 29.3 Å².